The minimum Gasteiger partial charge on any atom is -0.383 e. The molecule has 0 fully saturated rings. The molecule has 3 aromatic rings. The molecule has 2 aromatic carbocycles. The van der Waals surface area contributed by atoms with Crippen molar-refractivity contribution in [2.75, 3.05) is 0 Å². The maximum atomic E-state index is 10.6. The van der Waals surface area contributed by atoms with Gasteiger partial charge in [-0.25, -0.2) is 0 Å². The van der Waals surface area contributed by atoms with Crippen molar-refractivity contribution in [3.8, 4) is 0 Å². The van der Waals surface area contributed by atoms with E-state index < -0.39 is 6.10 Å². The van der Waals surface area contributed by atoms with Crippen molar-refractivity contribution in [2.24, 2.45) is 0 Å². The van der Waals surface area contributed by atoms with E-state index in [1.807, 2.05) is 48.5 Å². The zero-order chi connectivity index (χ0) is 13.4. The Bertz CT molecular complexity index is 713. The largest absolute Gasteiger partial charge is 0.383 e. The monoisotopic (exact) mass is 352 g/mol. The van der Waals surface area contributed by atoms with E-state index in [0.717, 1.165) is 25.0 Å². The third kappa shape index (κ3) is 2.43. The molecule has 19 heavy (non-hydrogen) atoms. The van der Waals surface area contributed by atoms with E-state index in [9.17, 15) is 5.11 Å². The van der Waals surface area contributed by atoms with Crippen LogP contribution in [0.25, 0.3) is 10.8 Å². The first-order valence-corrected chi connectivity index (χ1v) is 7.76. The zero-order valence-electron chi connectivity index (χ0n) is 9.81. The molecule has 1 N–H and O–H groups in total. The first-order valence-electron chi connectivity index (χ1n) is 5.77. The van der Waals surface area contributed by atoms with Gasteiger partial charge in [0.15, 0.2) is 0 Å². The Labute approximate surface area is 128 Å². The van der Waals surface area contributed by atoms with Gasteiger partial charge in [-0.3, -0.25) is 0 Å². The predicted molar refractivity (Wildman–Crippen MR) is 85.0 cm³/mol. The molecule has 0 aliphatic heterocycles. The summed E-state index contributed by atoms with van der Waals surface area (Å²) in [7, 11) is 0. The van der Waals surface area contributed by atoms with E-state index >= 15 is 0 Å². The molecule has 0 saturated heterocycles. The second-order valence-electron chi connectivity index (χ2n) is 4.24. The van der Waals surface area contributed by atoms with Crippen molar-refractivity contribution in [3.63, 3.8) is 0 Å². The van der Waals surface area contributed by atoms with E-state index in [0.29, 0.717) is 5.02 Å². The smallest absolute Gasteiger partial charge is 0.114 e. The number of aliphatic hydroxyl groups excluding tert-OH is 1. The summed E-state index contributed by atoms with van der Waals surface area (Å²) in [6.07, 6.45) is -0.653. The summed E-state index contributed by atoms with van der Waals surface area (Å²) < 4.78 is 0.850. The normalized spacial score (nSPS) is 12.8. The fraction of sp³-hybridized carbons (Fsp3) is 0.0667. The molecule has 96 valence electrons. The lowest BCUT2D eigenvalue weighted by Gasteiger charge is -2.12. The predicted octanol–water partition coefficient (Wildman–Crippen LogP) is 5.40. The highest BCUT2D eigenvalue weighted by atomic mass is 79.9. The van der Waals surface area contributed by atoms with Gasteiger partial charge in [0.25, 0.3) is 0 Å². The summed E-state index contributed by atoms with van der Waals surface area (Å²) in [6, 6.07) is 15.8. The Morgan fingerprint density at radius 2 is 1.84 bits per heavy atom. The number of fused-ring (bicyclic) bond motifs is 1. The maximum absolute atomic E-state index is 10.6. The summed E-state index contributed by atoms with van der Waals surface area (Å²) in [5.41, 5.74) is 0.906. The second-order valence-corrected chi connectivity index (χ2v) is 7.05. The van der Waals surface area contributed by atoms with Crippen molar-refractivity contribution in [3.05, 3.63) is 67.8 Å². The van der Waals surface area contributed by atoms with E-state index in [2.05, 4.69) is 15.9 Å². The molecular formula is C15H10BrClOS. The highest BCUT2D eigenvalue weighted by Gasteiger charge is 2.17. The first-order chi connectivity index (χ1) is 9.16. The highest BCUT2D eigenvalue weighted by molar-refractivity contribution is 9.11. The van der Waals surface area contributed by atoms with Crippen LogP contribution in [0.5, 0.6) is 0 Å². The van der Waals surface area contributed by atoms with Gasteiger partial charge in [0.05, 0.1) is 8.81 Å². The van der Waals surface area contributed by atoms with Gasteiger partial charge in [-0.2, -0.15) is 0 Å². The molecular weight excluding hydrogens is 344 g/mol. The number of aliphatic hydroxyl groups is 1. The fourth-order valence-electron chi connectivity index (χ4n) is 2.14. The summed E-state index contributed by atoms with van der Waals surface area (Å²) in [4.78, 5) is 0.841. The number of benzene rings is 2. The minimum absolute atomic E-state index is 0.638. The lowest BCUT2D eigenvalue weighted by Crippen LogP contribution is -1.97. The average Bonchev–Trinajstić information content (AvgIpc) is 2.77. The quantitative estimate of drug-likeness (QED) is 0.654. The lowest BCUT2D eigenvalue weighted by molar-refractivity contribution is 0.226. The lowest BCUT2D eigenvalue weighted by atomic mass is 10.00. The molecule has 0 spiro atoms. The molecule has 0 amide bonds. The van der Waals surface area contributed by atoms with Crippen LogP contribution in [0, 0.1) is 0 Å². The molecule has 1 aromatic heterocycles. The van der Waals surface area contributed by atoms with Crippen molar-refractivity contribution in [1.29, 1.82) is 0 Å². The molecule has 3 rings (SSSR count). The average molecular weight is 354 g/mol. The van der Waals surface area contributed by atoms with Crippen molar-refractivity contribution >= 4 is 49.6 Å². The standard InChI is InChI=1S/C15H10BrClOS/c16-15-12(17)8-13(19-15)14(18)11-7-3-5-9-4-1-2-6-10(9)11/h1-8,14,18H. The van der Waals surface area contributed by atoms with Crippen LogP contribution in [-0.4, -0.2) is 5.11 Å². The molecule has 0 aliphatic carbocycles. The van der Waals surface area contributed by atoms with Crippen molar-refractivity contribution in [2.45, 2.75) is 6.10 Å². The van der Waals surface area contributed by atoms with Crippen molar-refractivity contribution in [1.82, 2.24) is 0 Å². The number of hydrogen-bond donors (Lipinski definition) is 1. The van der Waals surface area contributed by atoms with Gasteiger partial charge in [-0.05, 0) is 38.3 Å². The van der Waals surface area contributed by atoms with Crippen molar-refractivity contribution < 1.29 is 5.11 Å². The topological polar surface area (TPSA) is 20.2 Å². The second kappa shape index (κ2) is 5.25. The van der Waals surface area contributed by atoms with E-state index in [1.54, 1.807) is 0 Å². The van der Waals surface area contributed by atoms with E-state index in [-0.39, 0.29) is 0 Å². The number of halogens is 2. The third-order valence-corrected chi connectivity index (χ3v) is 5.58. The number of rotatable bonds is 2. The van der Waals surface area contributed by atoms with Crippen LogP contribution >= 0.6 is 38.9 Å². The molecule has 1 unspecified atom stereocenters. The van der Waals surface area contributed by atoms with Crippen LogP contribution in [0.4, 0.5) is 0 Å². The molecule has 0 bridgehead atoms. The highest BCUT2D eigenvalue weighted by Crippen LogP contribution is 2.38. The Hall–Kier alpha value is -0.870. The number of hydrogen-bond acceptors (Lipinski definition) is 2. The maximum Gasteiger partial charge on any atom is 0.114 e. The fourth-order valence-corrected chi connectivity index (χ4v) is 3.89. The molecule has 0 radical (unpaired) electrons. The molecule has 1 atom stereocenters. The van der Waals surface area contributed by atoms with Gasteiger partial charge in [0.2, 0.25) is 0 Å². The van der Waals surface area contributed by atoms with E-state index in [4.69, 9.17) is 11.6 Å². The summed E-state index contributed by atoms with van der Waals surface area (Å²) in [6.45, 7) is 0. The SMILES string of the molecule is OC(c1cc(Cl)c(Br)s1)c1cccc2ccccc12. The van der Waals surface area contributed by atoms with Gasteiger partial charge in [-0.15, -0.1) is 11.3 Å². The van der Waals surface area contributed by atoms with Crippen LogP contribution in [-0.2, 0) is 0 Å². The summed E-state index contributed by atoms with van der Waals surface area (Å²) >= 11 is 10.9. The molecule has 1 heterocycles. The van der Waals surface area contributed by atoms with Gasteiger partial charge in [0, 0.05) is 4.88 Å². The summed E-state index contributed by atoms with van der Waals surface area (Å²) in [5, 5.41) is 13.4. The van der Waals surface area contributed by atoms with Gasteiger partial charge in [-0.1, -0.05) is 54.1 Å². The Balaban J connectivity index is 2.13. The van der Waals surface area contributed by atoms with Crippen LogP contribution in [0.2, 0.25) is 5.02 Å². The Morgan fingerprint density at radius 1 is 1.11 bits per heavy atom. The van der Waals surface area contributed by atoms with E-state index in [1.165, 1.54) is 11.3 Å². The first kappa shape index (κ1) is 13.1. The minimum atomic E-state index is -0.653. The van der Waals surface area contributed by atoms with Crippen LogP contribution in [0.3, 0.4) is 0 Å². The Morgan fingerprint density at radius 3 is 2.58 bits per heavy atom. The van der Waals surface area contributed by atoms with Gasteiger partial charge in [0.1, 0.15) is 6.10 Å². The molecule has 1 nitrogen and oxygen atoms in total. The summed E-state index contributed by atoms with van der Waals surface area (Å²) in [5.74, 6) is 0. The van der Waals surface area contributed by atoms with Gasteiger partial charge < -0.3 is 5.11 Å². The third-order valence-electron chi connectivity index (χ3n) is 3.05. The molecule has 0 saturated carbocycles. The van der Waals surface area contributed by atoms with Gasteiger partial charge >= 0.3 is 0 Å². The van der Waals surface area contributed by atoms with Crippen LogP contribution in [0.15, 0.2) is 52.3 Å². The molecule has 0 aliphatic rings. The van der Waals surface area contributed by atoms with Crippen LogP contribution < -0.4 is 0 Å². The number of thiophene rings is 1. The zero-order valence-corrected chi connectivity index (χ0v) is 13.0. The molecule has 4 heteroatoms. The Kier molecular flexibility index (Phi) is 3.63. The van der Waals surface area contributed by atoms with Crippen LogP contribution in [0.1, 0.15) is 16.5 Å².